The molecule has 1 aliphatic heterocycles. The minimum atomic E-state index is -0.599. The number of rotatable bonds is 6. The number of aliphatic hydroxyl groups is 2. The number of nitrogens with two attached hydrogens (primary N) is 2. The molecule has 1 heterocycles. The minimum Gasteiger partial charge on any atom is -0.399 e. The van der Waals surface area contributed by atoms with E-state index in [1.165, 1.54) is 5.01 Å². The smallest absolute Gasteiger partial charge is 0.191 e. The van der Waals surface area contributed by atoms with Gasteiger partial charge in [0.2, 0.25) is 0 Å². The fourth-order valence-corrected chi connectivity index (χ4v) is 2.46. The third kappa shape index (κ3) is 4.12. The van der Waals surface area contributed by atoms with Crippen molar-refractivity contribution in [3.63, 3.8) is 0 Å². The summed E-state index contributed by atoms with van der Waals surface area (Å²) in [6.45, 7) is 0.526. The van der Waals surface area contributed by atoms with Gasteiger partial charge < -0.3 is 21.3 Å². The van der Waals surface area contributed by atoms with Gasteiger partial charge in [-0.2, -0.15) is 0 Å². The van der Waals surface area contributed by atoms with Gasteiger partial charge in [0.05, 0.1) is 18.9 Å². The Labute approximate surface area is 139 Å². The van der Waals surface area contributed by atoms with Gasteiger partial charge in [-0.05, 0) is 12.1 Å². The van der Waals surface area contributed by atoms with Crippen LogP contribution in [0, 0.1) is 0 Å². The average Bonchev–Trinajstić information content (AvgIpc) is 2.55. The van der Waals surface area contributed by atoms with Gasteiger partial charge in [-0.15, -0.1) is 0 Å². The number of nitrogens with one attached hydrogen (secondary N) is 2. The molecule has 126 valence electrons. The molecule has 0 aromatic heterocycles. The Kier molecular flexibility index (Phi) is 6.20. The Morgan fingerprint density at radius 1 is 1.17 bits per heavy atom. The quantitative estimate of drug-likeness (QED) is 0.295. The molecule has 23 heavy (non-hydrogen) atoms. The van der Waals surface area contributed by atoms with Crippen LogP contribution in [0.3, 0.4) is 0 Å². The monoisotopic (exact) mass is 340 g/mol. The van der Waals surface area contributed by atoms with Crippen molar-refractivity contribution in [2.24, 2.45) is 10.8 Å². The molecule has 0 saturated carbocycles. The predicted octanol–water partition coefficient (Wildman–Crippen LogP) is -0.789. The molecule has 9 heteroatoms. The second-order valence-corrected chi connectivity index (χ2v) is 5.25. The van der Waals surface area contributed by atoms with Crippen molar-refractivity contribution in [1.82, 2.24) is 15.6 Å². The summed E-state index contributed by atoms with van der Waals surface area (Å²) in [5.74, 6) is 6.57. The van der Waals surface area contributed by atoms with Gasteiger partial charge >= 0.3 is 0 Å². The highest BCUT2D eigenvalue weighted by molar-refractivity contribution is 6.46. The Morgan fingerprint density at radius 3 is 2.43 bits per heavy atom. The summed E-state index contributed by atoms with van der Waals surface area (Å²) >= 11 is 6.43. The standard InChI is InChI=1S/C14H21ClN6O2/c15-11-12(9-1-3-10(16)4-2-9)21(17)14(19-6-8-23)20-13(11)18-5-7-22/h1-4,14,19,22-23H,5-8,16-17H2,(H,18,20). The number of nitrogens with zero attached hydrogens (tertiary/aromatic N) is 2. The molecule has 1 aliphatic rings. The molecule has 8 nitrogen and oxygen atoms in total. The highest BCUT2D eigenvalue weighted by Crippen LogP contribution is 2.29. The minimum absolute atomic E-state index is 0.0477. The number of hydrazine groups is 1. The number of hydrogen-bond acceptors (Lipinski definition) is 8. The van der Waals surface area contributed by atoms with E-state index >= 15 is 0 Å². The maximum atomic E-state index is 8.98. The second-order valence-electron chi connectivity index (χ2n) is 4.87. The number of halogens is 1. The van der Waals surface area contributed by atoms with E-state index < -0.39 is 6.29 Å². The van der Waals surface area contributed by atoms with E-state index in [1.54, 1.807) is 12.1 Å². The summed E-state index contributed by atoms with van der Waals surface area (Å²) in [7, 11) is 0. The molecule has 1 unspecified atom stereocenters. The van der Waals surface area contributed by atoms with Crippen molar-refractivity contribution >= 4 is 28.8 Å². The number of nitrogen functional groups attached to an aromatic ring is 1. The fourth-order valence-electron chi connectivity index (χ4n) is 2.14. The highest BCUT2D eigenvalue weighted by Gasteiger charge is 2.28. The molecule has 1 atom stereocenters. The zero-order valence-corrected chi connectivity index (χ0v) is 13.3. The van der Waals surface area contributed by atoms with E-state index in [0.717, 1.165) is 5.56 Å². The van der Waals surface area contributed by atoms with Crippen LogP contribution in [0.25, 0.3) is 5.70 Å². The van der Waals surface area contributed by atoms with Crippen molar-refractivity contribution < 1.29 is 10.2 Å². The molecule has 0 saturated heterocycles. The summed E-state index contributed by atoms with van der Waals surface area (Å²) < 4.78 is 0. The highest BCUT2D eigenvalue weighted by atomic mass is 35.5. The lowest BCUT2D eigenvalue weighted by Gasteiger charge is -2.34. The van der Waals surface area contributed by atoms with E-state index in [4.69, 9.17) is 33.4 Å². The number of anilines is 1. The van der Waals surface area contributed by atoms with Crippen molar-refractivity contribution in [1.29, 1.82) is 0 Å². The normalized spacial score (nSPS) is 18.2. The van der Waals surface area contributed by atoms with Gasteiger partial charge in [0.1, 0.15) is 10.9 Å². The predicted molar refractivity (Wildman–Crippen MR) is 91.1 cm³/mol. The van der Waals surface area contributed by atoms with Gasteiger partial charge in [0.25, 0.3) is 0 Å². The maximum Gasteiger partial charge on any atom is 0.191 e. The molecule has 0 spiro atoms. The molecule has 2 rings (SSSR count). The number of aliphatic hydroxyl groups excluding tert-OH is 2. The van der Waals surface area contributed by atoms with Gasteiger partial charge in [-0.25, -0.2) is 10.8 Å². The molecule has 0 amide bonds. The van der Waals surface area contributed by atoms with Crippen LogP contribution in [0.5, 0.6) is 0 Å². The van der Waals surface area contributed by atoms with E-state index in [9.17, 15) is 0 Å². The molecule has 1 aromatic rings. The first-order valence-electron chi connectivity index (χ1n) is 7.15. The third-order valence-electron chi connectivity index (χ3n) is 3.22. The van der Waals surface area contributed by atoms with Crippen LogP contribution in [0.4, 0.5) is 5.69 Å². The zero-order chi connectivity index (χ0) is 16.8. The van der Waals surface area contributed by atoms with Crippen LogP contribution >= 0.6 is 11.6 Å². The van der Waals surface area contributed by atoms with E-state index in [0.29, 0.717) is 35.3 Å². The summed E-state index contributed by atoms with van der Waals surface area (Å²) in [5.41, 5.74) is 7.69. The topological polar surface area (TPSA) is 132 Å². The van der Waals surface area contributed by atoms with E-state index in [1.807, 2.05) is 12.1 Å². The number of aliphatic imine (C=N–C) groups is 1. The SMILES string of the molecule is Nc1ccc(C2=C(Cl)C(NCCO)=NC(NCCO)N2N)cc1. The lowest BCUT2D eigenvalue weighted by atomic mass is 10.1. The third-order valence-corrected chi connectivity index (χ3v) is 3.57. The Hall–Kier alpha value is -1.84. The maximum absolute atomic E-state index is 8.98. The summed E-state index contributed by atoms with van der Waals surface area (Å²) in [4.78, 5) is 4.37. The molecule has 0 aliphatic carbocycles. The summed E-state index contributed by atoms with van der Waals surface area (Å²) in [6, 6.07) is 7.13. The molecule has 1 aromatic carbocycles. The lowest BCUT2D eigenvalue weighted by Crippen LogP contribution is -2.52. The van der Waals surface area contributed by atoms with Crippen LogP contribution in [0.2, 0.25) is 0 Å². The van der Waals surface area contributed by atoms with Gasteiger partial charge in [0, 0.05) is 24.3 Å². The van der Waals surface area contributed by atoms with Crippen LogP contribution in [-0.4, -0.2) is 53.7 Å². The Morgan fingerprint density at radius 2 is 1.83 bits per heavy atom. The van der Waals surface area contributed by atoms with Crippen LogP contribution in [0.1, 0.15) is 5.56 Å². The molecule has 0 fully saturated rings. The van der Waals surface area contributed by atoms with Crippen molar-refractivity contribution in [3.8, 4) is 0 Å². The van der Waals surface area contributed by atoms with Gasteiger partial charge in [0.15, 0.2) is 6.29 Å². The van der Waals surface area contributed by atoms with Gasteiger partial charge in [-0.3, -0.25) is 10.3 Å². The number of hydrogen-bond donors (Lipinski definition) is 6. The number of benzene rings is 1. The average molecular weight is 341 g/mol. The fraction of sp³-hybridized carbons (Fsp3) is 0.357. The van der Waals surface area contributed by atoms with E-state index in [-0.39, 0.29) is 13.2 Å². The van der Waals surface area contributed by atoms with E-state index in [2.05, 4.69) is 15.6 Å². The summed E-state index contributed by atoms with van der Waals surface area (Å²) in [6.07, 6.45) is -0.599. The van der Waals surface area contributed by atoms with Crippen LogP contribution in [-0.2, 0) is 0 Å². The molecule has 0 radical (unpaired) electrons. The Balaban J connectivity index is 2.38. The van der Waals surface area contributed by atoms with Crippen LogP contribution in [0.15, 0.2) is 34.3 Å². The Bertz CT molecular complexity index is 589. The molecule has 0 bridgehead atoms. The first-order valence-corrected chi connectivity index (χ1v) is 7.53. The largest absolute Gasteiger partial charge is 0.399 e. The first-order chi connectivity index (χ1) is 11.1. The zero-order valence-electron chi connectivity index (χ0n) is 12.5. The van der Waals surface area contributed by atoms with Crippen molar-refractivity contribution in [2.45, 2.75) is 6.29 Å². The summed E-state index contributed by atoms with van der Waals surface area (Å²) in [5, 5.41) is 25.7. The van der Waals surface area contributed by atoms with Crippen molar-refractivity contribution in [3.05, 3.63) is 34.9 Å². The first kappa shape index (κ1) is 17.5. The molecular weight excluding hydrogens is 320 g/mol. The molecular formula is C14H21ClN6O2. The number of amidine groups is 1. The lowest BCUT2D eigenvalue weighted by molar-refractivity contribution is 0.225. The van der Waals surface area contributed by atoms with Crippen LogP contribution < -0.4 is 22.2 Å². The van der Waals surface area contributed by atoms with Crippen molar-refractivity contribution in [2.75, 3.05) is 32.0 Å². The second kappa shape index (κ2) is 8.14. The molecule has 8 N–H and O–H groups in total. The van der Waals surface area contributed by atoms with Gasteiger partial charge in [-0.1, -0.05) is 23.7 Å².